The fourth-order valence-electron chi connectivity index (χ4n) is 30.3. The van der Waals surface area contributed by atoms with Gasteiger partial charge in [-0.2, -0.15) is 0 Å². The van der Waals surface area contributed by atoms with Crippen LogP contribution in [0.5, 0.6) is 0 Å². The molecule has 0 N–H and O–H groups in total. The molecule has 10 heterocycles. The van der Waals surface area contributed by atoms with E-state index >= 15 is 0 Å². The zero-order chi connectivity index (χ0) is 90.9. The van der Waals surface area contributed by atoms with Crippen LogP contribution in [0.2, 0.25) is 0 Å². The summed E-state index contributed by atoms with van der Waals surface area (Å²) >= 11 is 1.92. The first kappa shape index (κ1) is 82.3. The van der Waals surface area contributed by atoms with Gasteiger partial charge in [0.25, 0.3) is 13.4 Å². The van der Waals surface area contributed by atoms with E-state index in [1.165, 1.54) is 260 Å². The molecule has 12 aromatic carbocycles. The molecule has 8 atom stereocenters. The monoisotopic (exact) mass is 1750 g/mol. The Bertz CT molecular complexity index is 7470. The van der Waals surface area contributed by atoms with Crippen LogP contribution >= 0.6 is 11.3 Å². The second-order valence-corrected chi connectivity index (χ2v) is 50.2. The van der Waals surface area contributed by atoms with E-state index < -0.39 is 0 Å². The fourth-order valence-corrected chi connectivity index (χ4v) is 31.4. The van der Waals surface area contributed by atoms with Crippen molar-refractivity contribution < 1.29 is 4.42 Å². The van der Waals surface area contributed by atoms with Crippen LogP contribution in [0, 0.1) is 13.8 Å². The lowest BCUT2D eigenvalue weighted by atomic mass is 9.33. The van der Waals surface area contributed by atoms with Crippen LogP contribution in [0.25, 0.3) is 42.1 Å². The molecule has 0 amide bonds. The highest BCUT2D eigenvalue weighted by atomic mass is 32.1. The summed E-state index contributed by atoms with van der Waals surface area (Å²) < 4.78 is 9.92. The van der Waals surface area contributed by atoms with Gasteiger partial charge in [0, 0.05) is 132 Å². The van der Waals surface area contributed by atoms with Crippen LogP contribution in [0.3, 0.4) is 0 Å². The second-order valence-electron chi connectivity index (χ2n) is 49.1. The lowest BCUT2D eigenvalue weighted by Gasteiger charge is -2.53. The Morgan fingerprint density at radius 1 is 0.311 bits per heavy atom. The van der Waals surface area contributed by atoms with Crippen molar-refractivity contribution >= 4 is 179 Å². The van der Waals surface area contributed by atoms with Gasteiger partial charge in [-0.15, -0.1) is 11.3 Å². The summed E-state index contributed by atoms with van der Waals surface area (Å²) in [6.45, 7) is 52.7. The Hall–Kier alpha value is -10.4. The van der Waals surface area contributed by atoms with Crippen molar-refractivity contribution in [2.24, 2.45) is 0 Å². The van der Waals surface area contributed by atoms with Crippen molar-refractivity contribution in [3.8, 4) is 0 Å². The average molecular weight is 1750 g/mol. The molecule has 26 rings (SSSR count). The normalized spacial score (nSPS) is 26.2. The molecule has 0 radical (unpaired) electrons. The number of thiophene rings is 1. The molecular weight excluding hydrogens is 1620 g/mol. The Kier molecular flexibility index (Phi) is 16.6. The van der Waals surface area contributed by atoms with Crippen molar-refractivity contribution in [3.05, 3.63) is 261 Å². The van der Waals surface area contributed by atoms with Crippen LogP contribution in [0.4, 0.5) is 79.6 Å². The van der Waals surface area contributed by atoms with Gasteiger partial charge in [-0.1, -0.05) is 246 Å². The highest BCUT2D eigenvalue weighted by Gasteiger charge is 2.66. The standard InChI is InChI=1S/C122H130B2N6OS/c1-72-56-99-107-101(58-72)129-109-89(117(16)50-26-30-54-121(117,129)20)63-77(112(6,7)8)65-93(109)123(107)91-42-37-81(127-95-44-35-75(111(3,4)5)61-87(95)115(14)48-24-28-52-119(115,127)18)69-97(91)125(99)79-39-46-103-85(67-79)83-41-34-74(60-104(83)131-103)71-114(12,13)76-36-45-96-88(62-76)116(15)49-25-29-53-120(116,19)128(96)82-38-43-92-98(70-82)126(80-40-47-106-86(68-80)84-32-22-23-33-105(84)132-106)100-57-73(2)59-102-108(100)124(92)94-66-78(113(9,10)11)64-90-110(94)130(102)122(21)55-31-27-51-118(90,122)17/h22-23,32-47,56-70H,24-31,48-55,71H2,1-21H3/t115?,116-,117?,118?,119?,120?,121?,122?/m0/s1. The van der Waals surface area contributed by atoms with Crippen LogP contribution in [0.15, 0.2) is 205 Å². The minimum Gasteiger partial charge on any atom is -0.456 e. The van der Waals surface area contributed by atoms with Gasteiger partial charge in [0.05, 0.1) is 22.2 Å². The van der Waals surface area contributed by atoms with Crippen LogP contribution < -0.4 is 62.2 Å². The van der Waals surface area contributed by atoms with E-state index in [0.29, 0.717) is 0 Å². The lowest BCUT2D eigenvalue weighted by molar-refractivity contribution is 0.194. The zero-order valence-corrected chi connectivity index (χ0v) is 83.0. The maximum Gasteiger partial charge on any atom is 0.252 e. The Balaban J connectivity index is 0.588. The third-order valence-electron chi connectivity index (χ3n) is 38.5. The summed E-state index contributed by atoms with van der Waals surface area (Å²) in [6.07, 6.45) is 20.1. The van der Waals surface area contributed by atoms with Gasteiger partial charge in [-0.05, 0) is 324 Å². The molecule has 0 saturated heterocycles. The van der Waals surface area contributed by atoms with Crippen molar-refractivity contribution in [3.63, 3.8) is 0 Å². The number of hydrogen-bond acceptors (Lipinski definition) is 8. The third kappa shape index (κ3) is 10.5. The number of furan rings is 1. The molecule has 4 aliphatic carbocycles. The van der Waals surface area contributed by atoms with E-state index in [9.17, 15) is 0 Å². The van der Waals surface area contributed by atoms with Gasteiger partial charge < -0.3 is 33.8 Å². The highest BCUT2D eigenvalue weighted by Crippen LogP contribution is 2.69. The lowest BCUT2D eigenvalue weighted by Crippen LogP contribution is -2.64. The van der Waals surface area contributed by atoms with Crippen molar-refractivity contribution in [2.75, 3.05) is 29.4 Å². The summed E-state index contributed by atoms with van der Waals surface area (Å²) in [4.78, 5) is 17.0. The average Bonchev–Trinajstić information content (AvgIpc) is 1.49. The summed E-state index contributed by atoms with van der Waals surface area (Å²) in [6, 6.07) is 82.8. The topological polar surface area (TPSA) is 32.6 Å². The van der Waals surface area contributed by atoms with Gasteiger partial charge >= 0.3 is 0 Å². The van der Waals surface area contributed by atoms with Crippen molar-refractivity contribution in [2.45, 2.75) is 320 Å². The fraction of sp³-hybridized carbons (Fsp3) is 0.410. The van der Waals surface area contributed by atoms with E-state index in [2.05, 4.69) is 375 Å². The molecule has 7 unspecified atom stereocenters. The molecule has 14 aromatic rings. The molecule has 4 fully saturated rings. The van der Waals surface area contributed by atoms with Gasteiger partial charge in [0.2, 0.25) is 0 Å². The molecule has 10 heteroatoms. The van der Waals surface area contributed by atoms with Gasteiger partial charge in [-0.25, -0.2) is 0 Å². The largest absolute Gasteiger partial charge is 0.456 e. The zero-order valence-electron chi connectivity index (χ0n) is 82.2. The van der Waals surface area contributed by atoms with E-state index in [0.717, 1.165) is 54.0 Å². The van der Waals surface area contributed by atoms with Gasteiger partial charge in [-0.3, -0.25) is 0 Å². The number of anilines is 14. The predicted molar refractivity (Wildman–Crippen MR) is 565 cm³/mol. The number of benzene rings is 12. The minimum absolute atomic E-state index is 0.0000306. The van der Waals surface area contributed by atoms with Crippen molar-refractivity contribution in [1.29, 1.82) is 0 Å². The summed E-state index contributed by atoms with van der Waals surface area (Å²) in [5.74, 6) is 0. The molecule has 0 bridgehead atoms. The smallest absolute Gasteiger partial charge is 0.252 e. The Labute approximate surface area is 788 Å². The number of fused-ring (bicyclic) bond motifs is 26. The first-order valence-corrected chi connectivity index (χ1v) is 51.5. The molecule has 132 heavy (non-hydrogen) atoms. The number of rotatable bonds is 7. The van der Waals surface area contributed by atoms with Gasteiger partial charge in [0.1, 0.15) is 11.2 Å². The molecule has 7 nitrogen and oxygen atoms in total. The number of aryl methyl sites for hydroxylation is 2. The molecule has 666 valence electrons. The van der Waals surface area contributed by atoms with E-state index in [4.69, 9.17) is 4.42 Å². The maximum absolute atomic E-state index is 7.24. The first-order chi connectivity index (χ1) is 62.8. The molecule has 4 saturated carbocycles. The molecule has 8 aliphatic heterocycles. The minimum atomic E-state index is -0.224. The van der Waals surface area contributed by atoms with E-state index in [-0.39, 0.29) is 78.9 Å². The molecule has 12 aliphatic rings. The first-order valence-electron chi connectivity index (χ1n) is 50.7. The highest BCUT2D eigenvalue weighted by molar-refractivity contribution is 7.25. The maximum atomic E-state index is 7.24. The molecular formula is C122H130B2N6OS. The van der Waals surface area contributed by atoms with Gasteiger partial charge in [0.15, 0.2) is 0 Å². The van der Waals surface area contributed by atoms with E-state index in [1.54, 1.807) is 11.1 Å². The Morgan fingerprint density at radius 2 is 0.727 bits per heavy atom. The predicted octanol–water partition coefficient (Wildman–Crippen LogP) is 29.2. The van der Waals surface area contributed by atoms with Crippen LogP contribution in [0.1, 0.15) is 295 Å². The van der Waals surface area contributed by atoms with Crippen LogP contribution in [-0.2, 0) is 49.7 Å². The number of nitrogens with zero attached hydrogens (tertiary/aromatic N) is 6. The molecule has 2 aromatic heterocycles. The summed E-state index contributed by atoms with van der Waals surface area (Å²) in [7, 11) is 0. The summed E-state index contributed by atoms with van der Waals surface area (Å²) in [5, 5.41) is 4.98. The van der Waals surface area contributed by atoms with Crippen molar-refractivity contribution in [1.82, 2.24) is 0 Å². The number of hydrogen-bond donors (Lipinski definition) is 0. The second kappa shape index (κ2) is 26.6. The Morgan fingerprint density at radius 3 is 1.23 bits per heavy atom. The van der Waals surface area contributed by atoms with E-state index in [1.807, 2.05) is 11.3 Å². The summed E-state index contributed by atoms with van der Waals surface area (Å²) in [5.41, 5.74) is 44.1. The SMILES string of the molecule is Cc1cc2c3c(c1)N1c4c(cc(C(C)(C)C)cc4C4(C)CCCCC14C)B3c1ccc(N3c4ccc(C(C)(C)C)cc4C4(C)CCCCC34C)cc1N2c1ccc2oc3cc(CC(C)(C)c4ccc5c(c4)[C@]4(C)CCCCC4(C)N5c4ccc5c(c4)N(c4ccc6sc7ccccc7c6c4)c4cc(C)cc6c4B5c4cc(C(C)(C)C)cc5c4N6C4(C)CCCCC54C)ccc3c2c1. The molecule has 0 spiro atoms. The third-order valence-corrected chi connectivity index (χ3v) is 39.6. The quantitative estimate of drug-likeness (QED) is 0.147. The van der Waals surface area contributed by atoms with Crippen LogP contribution in [-0.4, -0.2) is 35.6 Å².